The fourth-order valence-electron chi connectivity index (χ4n) is 9.64. The zero-order chi connectivity index (χ0) is 32.2. The van der Waals surface area contributed by atoms with Gasteiger partial charge in [0.1, 0.15) is 12.6 Å². The van der Waals surface area contributed by atoms with Gasteiger partial charge >= 0.3 is 5.97 Å². The van der Waals surface area contributed by atoms with Crippen LogP contribution >= 0.6 is 0 Å². The van der Waals surface area contributed by atoms with Crippen LogP contribution < -0.4 is 4.90 Å². The second-order valence-electron chi connectivity index (χ2n) is 14.1. The number of hydrogen-bond acceptors (Lipinski definition) is 4. The molecule has 4 aliphatic heterocycles. The van der Waals surface area contributed by atoms with Crippen LogP contribution in [0.2, 0.25) is 0 Å². The lowest BCUT2D eigenvalue weighted by atomic mass is 9.72. The summed E-state index contributed by atoms with van der Waals surface area (Å²) in [6.07, 6.45) is 11.3. The van der Waals surface area contributed by atoms with Gasteiger partial charge in [-0.3, -0.25) is 14.6 Å². The number of benzene rings is 2. The number of aliphatic hydroxyl groups is 1. The number of fused-ring (bicyclic) bond motifs is 10. The lowest BCUT2D eigenvalue weighted by Gasteiger charge is -2.45. The van der Waals surface area contributed by atoms with E-state index in [1.54, 1.807) is 7.11 Å². The highest BCUT2D eigenvalue weighted by Crippen LogP contribution is 2.48. The molecule has 0 spiro atoms. The Bertz CT molecular complexity index is 1930. The minimum absolute atomic E-state index is 0.0785. The van der Waals surface area contributed by atoms with Gasteiger partial charge in [-0.15, -0.1) is 0 Å². The smallest absolute Gasteiger partial charge is 0.309 e. The average Bonchev–Trinajstić information content (AvgIpc) is 3.69. The van der Waals surface area contributed by atoms with E-state index in [2.05, 4.69) is 95.6 Å². The number of aliphatic hydroxyl groups excluding tert-OH is 1. The van der Waals surface area contributed by atoms with Crippen molar-refractivity contribution in [2.24, 2.45) is 17.8 Å². The minimum Gasteiger partial charge on any atom is -0.469 e. The van der Waals surface area contributed by atoms with E-state index in [0.717, 1.165) is 50.8 Å². The minimum atomic E-state index is -0.292. The van der Waals surface area contributed by atoms with E-state index in [1.807, 2.05) is 0 Å². The van der Waals surface area contributed by atoms with Crippen LogP contribution in [-0.4, -0.2) is 59.3 Å². The van der Waals surface area contributed by atoms with E-state index in [0.29, 0.717) is 12.3 Å². The van der Waals surface area contributed by atoms with Gasteiger partial charge in [-0.05, 0) is 74.6 Å². The number of methoxy groups -OCH3 is 1. The van der Waals surface area contributed by atoms with Crippen molar-refractivity contribution in [2.45, 2.75) is 58.0 Å². The second kappa shape index (κ2) is 12.3. The number of H-pyrrole nitrogens is 2. The molecule has 7 nitrogen and oxygen atoms in total. The highest BCUT2D eigenvalue weighted by Gasteiger charge is 2.45. The number of esters is 1. The van der Waals surface area contributed by atoms with Crippen LogP contribution in [-0.2, 0) is 16.0 Å². The molecule has 244 valence electrons. The molecule has 2 aromatic carbocycles. The first kappa shape index (κ1) is 30.4. The molecule has 3 unspecified atom stereocenters. The fourth-order valence-corrected chi connectivity index (χ4v) is 9.64. The van der Waals surface area contributed by atoms with Crippen molar-refractivity contribution in [3.05, 3.63) is 101 Å². The summed E-state index contributed by atoms with van der Waals surface area (Å²) < 4.78 is 5.63. The van der Waals surface area contributed by atoms with E-state index in [4.69, 9.17) is 4.74 Å². The number of nitrogens with zero attached hydrogens (tertiary/aromatic N) is 1. The number of ether oxygens (including phenoxy) is 1. The highest BCUT2D eigenvalue weighted by molar-refractivity contribution is 5.95. The van der Waals surface area contributed by atoms with Gasteiger partial charge < -0.3 is 19.8 Å². The predicted molar refractivity (Wildman–Crippen MR) is 187 cm³/mol. The number of carbonyl (C=O) groups is 1. The number of allylic oxidation sites excluding steroid dienone is 3. The lowest BCUT2D eigenvalue weighted by molar-refractivity contribution is -0.882. The molecule has 0 radical (unpaired) electrons. The molecule has 4 aromatic rings. The maximum atomic E-state index is 14.0. The molecule has 2 fully saturated rings. The molecule has 2 aromatic heterocycles. The topological polar surface area (TPSA) is 85.8 Å². The third-order valence-electron chi connectivity index (χ3n) is 11.9. The number of quaternary nitrogens is 1. The first-order valence-electron chi connectivity index (χ1n) is 17.5. The van der Waals surface area contributed by atoms with Crippen molar-refractivity contribution in [1.29, 1.82) is 0 Å². The molecule has 7 heteroatoms. The molecular formula is C40H47N4O3+. The summed E-state index contributed by atoms with van der Waals surface area (Å²) in [6.45, 7) is 7.29. The molecule has 6 atom stereocenters. The second-order valence-corrected chi connectivity index (χ2v) is 14.1. The quantitative estimate of drug-likeness (QED) is 0.155. The van der Waals surface area contributed by atoms with Crippen LogP contribution in [0, 0.1) is 17.8 Å². The Morgan fingerprint density at radius 3 is 2.49 bits per heavy atom. The first-order chi connectivity index (χ1) is 23.0. The summed E-state index contributed by atoms with van der Waals surface area (Å²) in [7, 11) is 1.55. The van der Waals surface area contributed by atoms with Crippen LogP contribution in [0.15, 0.2) is 78.0 Å². The number of aromatic amines is 2. The Hall–Kier alpha value is -3.91. The van der Waals surface area contributed by atoms with Crippen LogP contribution in [0.3, 0.4) is 0 Å². The lowest BCUT2D eigenvalue weighted by Crippen LogP contribution is -3.10. The van der Waals surface area contributed by atoms with Crippen LogP contribution in [0.1, 0.15) is 74.1 Å². The first-order valence-corrected chi connectivity index (χ1v) is 17.5. The summed E-state index contributed by atoms with van der Waals surface area (Å²) >= 11 is 0. The zero-order valence-electron chi connectivity index (χ0n) is 27.8. The third kappa shape index (κ3) is 5.02. The zero-order valence-corrected chi connectivity index (χ0v) is 27.8. The van der Waals surface area contributed by atoms with Crippen molar-refractivity contribution in [1.82, 2.24) is 14.9 Å². The number of nitrogens with one attached hydrogen (secondary N) is 3. The largest absolute Gasteiger partial charge is 0.469 e. The Labute approximate surface area is 277 Å². The fraction of sp³-hybridized carbons (Fsp3) is 0.425. The Morgan fingerprint density at radius 2 is 1.74 bits per heavy atom. The van der Waals surface area contributed by atoms with Crippen molar-refractivity contribution in [3.8, 4) is 0 Å². The predicted octanol–water partition coefficient (Wildman–Crippen LogP) is 6.02. The molecule has 6 heterocycles. The number of para-hydroxylation sites is 2. The molecule has 4 N–H and O–H groups in total. The SMILES string of the molecule is CC=C1CN2CCc3c([nH]c4ccccc34)[C@@H]2CC1[C@H](CC1=C[NH+]2C/C(=C/C)[C@@H](CCO)CC2c2[nH]c3ccccc3c21)C(=O)OC. The number of piperidine rings is 2. The summed E-state index contributed by atoms with van der Waals surface area (Å²) in [5, 5.41) is 12.4. The third-order valence-corrected chi connectivity index (χ3v) is 11.9. The van der Waals surface area contributed by atoms with Crippen molar-refractivity contribution in [3.63, 3.8) is 0 Å². The van der Waals surface area contributed by atoms with Crippen molar-refractivity contribution >= 4 is 33.3 Å². The number of hydrogen-bond donors (Lipinski definition) is 4. The molecule has 4 aliphatic rings. The normalized spacial score (nSPS) is 28.1. The molecule has 0 bridgehead atoms. The van der Waals surface area contributed by atoms with E-state index in [9.17, 15) is 9.90 Å². The van der Waals surface area contributed by atoms with Gasteiger partial charge in [0.15, 0.2) is 0 Å². The molecule has 2 saturated heterocycles. The standard InChI is InChI=1S/C40H46N4O3/c1-4-24-21-44-23-27(37-30-11-7-9-13-34(30)42-39(37)35(44)19-26(24)15-17-45)18-32(40(46)47-3)31-20-36-38-29(14-16-43(36)22-25(31)5-2)28-10-6-8-12-33(28)41-38/h4-13,23,26,31-32,35-36,41-42,45H,14-22H2,1-3H3/p+1/b24-4-,25-5?/t26-,31?,32-,35?,36-/m0/s1. The maximum Gasteiger partial charge on any atom is 0.309 e. The van der Waals surface area contributed by atoms with Gasteiger partial charge in [0, 0.05) is 64.8 Å². The summed E-state index contributed by atoms with van der Waals surface area (Å²) in [5.74, 6) is 0.0450. The van der Waals surface area contributed by atoms with Gasteiger partial charge in [0.2, 0.25) is 0 Å². The molecule has 0 amide bonds. The van der Waals surface area contributed by atoms with Gasteiger partial charge in [0.05, 0.1) is 31.0 Å². The van der Waals surface area contributed by atoms with E-state index in [1.165, 1.54) is 60.4 Å². The molecule has 0 aliphatic carbocycles. The number of carbonyl (C=O) groups excluding carboxylic acids is 1. The van der Waals surface area contributed by atoms with Crippen molar-refractivity contribution in [2.75, 3.05) is 33.4 Å². The van der Waals surface area contributed by atoms with Crippen LogP contribution in [0.25, 0.3) is 27.4 Å². The molecule has 8 rings (SSSR count). The van der Waals surface area contributed by atoms with Gasteiger partial charge in [-0.1, -0.05) is 54.1 Å². The summed E-state index contributed by atoms with van der Waals surface area (Å²) in [4.78, 5) is 25.6. The molecular weight excluding hydrogens is 584 g/mol. The van der Waals surface area contributed by atoms with Crippen LogP contribution in [0.5, 0.6) is 0 Å². The maximum absolute atomic E-state index is 14.0. The van der Waals surface area contributed by atoms with Gasteiger partial charge in [-0.2, -0.15) is 0 Å². The average molecular weight is 632 g/mol. The number of rotatable bonds is 6. The molecule has 47 heavy (non-hydrogen) atoms. The number of aromatic nitrogens is 2. The Morgan fingerprint density at radius 1 is 1.02 bits per heavy atom. The van der Waals surface area contributed by atoms with Crippen molar-refractivity contribution < 1.29 is 19.5 Å². The Balaban J connectivity index is 1.19. The Kier molecular flexibility index (Phi) is 7.95. The summed E-state index contributed by atoms with van der Waals surface area (Å²) in [5.41, 5.74) is 11.7. The summed E-state index contributed by atoms with van der Waals surface area (Å²) in [6, 6.07) is 17.8. The van der Waals surface area contributed by atoms with Gasteiger partial charge in [-0.25, -0.2) is 0 Å². The highest BCUT2D eigenvalue weighted by atomic mass is 16.5. The monoisotopic (exact) mass is 631 g/mol. The molecule has 0 saturated carbocycles. The van der Waals surface area contributed by atoms with Gasteiger partial charge in [0.25, 0.3) is 0 Å². The van der Waals surface area contributed by atoms with Crippen LogP contribution in [0.4, 0.5) is 0 Å². The van der Waals surface area contributed by atoms with E-state index in [-0.39, 0.29) is 36.5 Å². The van der Waals surface area contributed by atoms with E-state index >= 15 is 0 Å². The van der Waals surface area contributed by atoms with E-state index < -0.39 is 0 Å².